The zero-order valence-electron chi connectivity index (χ0n) is 23.5. The smallest absolute Gasteiger partial charge is 0.186 e. The van der Waals surface area contributed by atoms with E-state index in [0.717, 1.165) is 32.7 Å². The molecule has 0 spiro atoms. The average Bonchev–Trinajstić information content (AvgIpc) is 3.07. The van der Waals surface area contributed by atoms with E-state index in [0.29, 0.717) is 5.75 Å². The standard InChI is InChI=1S/C41H28O2/c42-26-43-40-23-20-32-25-31(36-16-6-11-28-9-2-4-14-34(28)36)19-22-38(32)41(40)39-17-7-12-29-24-30(18-21-37(29)39)35-15-5-10-27-8-1-3-13-33(27)35/h1-25,42H,26H2. The van der Waals surface area contributed by atoms with E-state index in [1.54, 1.807) is 0 Å². The van der Waals surface area contributed by atoms with Crippen LogP contribution in [0.5, 0.6) is 5.75 Å². The molecule has 8 aromatic rings. The molecule has 0 radical (unpaired) electrons. The second kappa shape index (κ2) is 10.4. The third-order valence-electron chi connectivity index (χ3n) is 8.55. The zero-order valence-corrected chi connectivity index (χ0v) is 23.5. The quantitative estimate of drug-likeness (QED) is 0.215. The molecular formula is C41H28O2. The predicted molar refractivity (Wildman–Crippen MR) is 180 cm³/mol. The molecule has 2 heteroatoms. The summed E-state index contributed by atoms with van der Waals surface area (Å²) in [4.78, 5) is 0. The molecule has 0 fully saturated rings. The summed E-state index contributed by atoms with van der Waals surface area (Å²) in [5.74, 6) is 0.665. The molecule has 0 bridgehead atoms. The number of aliphatic hydroxyl groups excluding tert-OH is 1. The first-order valence-electron chi connectivity index (χ1n) is 14.6. The Hall–Kier alpha value is -5.44. The van der Waals surface area contributed by atoms with Gasteiger partial charge >= 0.3 is 0 Å². The highest BCUT2D eigenvalue weighted by molar-refractivity contribution is 6.10. The third-order valence-corrected chi connectivity index (χ3v) is 8.55. The summed E-state index contributed by atoms with van der Waals surface area (Å²) < 4.78 is 5.82. The Labute approximate surface area is 250 Å². The van der Waals surface area contributed by atoms with Gasteiger partial charge in [0, 0.05) is 5.56 Å². The van der Waals surface area contributed by atoms with Crippen LogP contribution >= 0.6 is 0 Å². The van der Waals surface area contributed by atoms with Crippen molar-refractivity contribution < 1.29 is 9.84 Å². The van der Waals surface area contributed by atoms with Crippen molar-refractivity contribution in [2.45, 2.75) is 0 Å². The number of aliphatic hydroxyl groups is 1. The average molecular weight is 553 g/mol. The molecular weight excluding hydrogens is 524 g/mol. The van der Waals surface area contributed by atoms with Gasteiger partial charge in [0.2, 0.25) is 0 Å². The minimum absolute atomic E-state index is 0.386. The van der Waals surface area contributed by atoms with Gasteiger partial charge in [0.15, 0.2) is 6.79 Å². The maximum absolute atomic E-state index is 9.80. The summed E-state index contributed by atoms with van der Waals surface area (Å²) in [6.45, 7) is -0.386. The van der Waals surface area contributed by atoms with E-state index >= 15 is 0 Å². The van der Waals surface area contributed by atoms with E-state index in [1.165, 1.54) is 43.8 Å². The molecule has 0 aliphatic rings. The van der Waals surface area contributed by atoms with Gasteiger partial charge < -0.3 is 9.84 Å². The zero-order chi connectivity index (χ0) is 28.8. The molecule has 204 valence electrons. The fourth-order valence-corrected chi connectivity index (χ4v) is 6.57. The lowest BCUT2D eigenvalue weighted by Crippen LogP contribution is -1.98. The Morgan fingerprint density at radius 1 is 0.395 bits per heavy atom. The normalized spacial score (nSPS) is 11.5. The first kappa shape index (κ1) is 25.3. The van der Waals surface area contributed by atoms with Crippen LogP contribution in [-0.2, 0) is 0 Å². The van der Waals surface area contributed by atoms with Crippen LogP contribution in [0.1, 0.15) is 0 Å². The monoisotopic (exact) mass is 552 g/mol. The predicted octanol–water partition coefficient (Wildman–Crippen LogP) is 10.6. The van der Waals surface area contributed by atoms with Gasteiger partial charge in [0.25, 0.3) is 0 Å². The van der Waals surface area contributed by atoms with Crippen LogP contribution < -0.4 is 4.74 Å². The van der Waals surface area contributed by atoms with E-state index in [4.69, 9.17) is 4.74 Å². The lowest BCUT2D eigenvalue weighted by molar-refractivity contribution is 0.0992. The summed E-state index contributed by atoms with van der Waals surface area (Å²) in [6, 6.07) is 53.8. The molecule has 8 rings (SSSR count). The Morgan fingerprint density at radius 3 is 1.51 bits per heavy atom. The Kier molecular flexibility index (Phi) is 6.14. The van der Waals surface area contributed by atoms with Crippen molar-refractivity contribution >= 4 is 43.1 Å². The van der Waals surface area contributed by atoms with Crippen LogP contribution in [0.3, 0.4) is 0 Å². The highest BCUT2D eigenvalue weighted by Gasteiger charge is 2.16. The number of fused-ring (bicyclic) bond motifs is 4. The molecule has 8 aromatic carbocycles. The highest BCUT2D eigenvalue weighted by Crippen LogP contribution is 2.43. The van der Waals surface area contributed by atoms with Crippen LogP contribution in [-0.4, -0.2) is 11.9 Å². The first-order valence-corrected chi connectivity index (χ1v) is 14.6. The maximum atomic E-state index is 9.80. The molecule has 43 heavy (non-hydrogen) atoms. The molecule has 0 aromatic heterocycles. The fourth-order valence-electron chi connectivity index (χ4n) is 6.57. The van der Waals surface area contributed by atoms with E-state index in [-0.39, 0.29) is 6.79 Å². The summed E-state index contributed by atoms with van der Waals surface area (Å²) in [5.41, 5.74) is 6.85. The lowest BCUT2D eigenvalue weighted by atomic mass is 9.89. The molecule has 0 atom stereocenters. The summed E-state index contributed by atoms with van der Waals surface area (Å²) in [6.07, 6.45) is 0. The third kappa shape index (κ3) is 4.32. The topological polar surface area (TPSA) is 29.5 Å². The summed E-state index contributed by atoms with van der Waals surface area (Å²) >= 11 is 0. The largest absolute Gasteiger partial charge is 0.467 e. The minimum atomic E-state index is -0.386. The summed E-state index contributed by atoms with van der Waals surface area (Å²) in [7, 11) is 0. The minimum Gasteiger partial charge on any atom is -0.467 e. The van der Waals surface area contributed by atoms with Gasteiger partial charge in [0.1, 0.15) is 5.75 Å². The number of hydrogen-bond donors (Lipinski definition) is 1. The van der Waals surface area contributed by atoms with Crippen LogP contribution in [0.2, 0.25) is 0 Å². The van der Waals surface area contributed by atoms with Gasteiger partial charge in [-0.2, -0.15) is 0 Å². The summed E-state index contributed by atoms with van der Waals surface area (Å²) in [5, 5.41) is 19.2. The van der Waals surface area contributed by atoms with Gasteiger partial charge in [-0.1, -0.05) is 133 Å². The SMILES string of the molecule is OCOc1ccc2cc(-c3cccc4ccccc34)ccc2c1-c1cccc2cc(-c3cccc4ccccc34)ccc12. The van der Waals surface area contributed by atoms with Gasteiger partial charge in [-0.3, -0.25) is 0 Å². The van der Waals surface area contributed by atoms with E-state index in [9.17, 15) is 5.11 Å². The number of ether oxygens (including phenoxy) is 1. The van der Waals surface area contributed by atoms with Crippen molar-refractivity contribution in [1.29, 1.82) is 0 Å². The van der Waals surface area contributed by atoms with Crippen LogP contribution in [0.4, 0.5) is 0 Å². The van der Waals surface area contributed by atoms with E-state index in [1.807, 2.05) is 6.07 Å². The maximum Gasteiger partial charge on any atom is 0.186 e. The van der Waals surface area contributed by atoms with Crippen molar-refractivity contribution in [2.75, 3.05) is 6.79 Å². The molecule has 0 saturated heterocycles. The van der Waals surface area contributed by atoms with Gasteiger partial charge in [-0.05, 0) is 89.1 Å². The molecule has 1 N–H and O–H groups in total. The number of benzene rings is 8. The Balaban J connectivity index is 1.31. The van der Waals surface area contributed by atoms with Crippen LogP contribution in [0.15, 0.2) is 152 Å². The fraction of sp³-hybridized carbons (Fsp3) is 0.0244. The van der Waals surface area contributed by atoms with E-state index < -0.39 is 0 Å². The Bertz CT molecular complexity index is 2300. The van der Waals surface area contributed by atoms with Gasteiger partial charge in [-0.15, -0.1) is 0 Å². The van der Waals surface area contributed by atoms with Crippen molar-refractivity contribution in [3.63, 3.8) is 0 Å². The molecule has 0 amide bonds. The lowest BCUT2D eigenvalue weighted by Gasteiger charge is -2.17. The molecule has 0 aliphatic carbocycles. The highest BCUT2D eigenvalue weighted by atomic mass is 16.6. The molecule has 0 heterocycles. The van der Waals surface area contributed by atoms with Crippen LogP contribution in [0, 0.1) is 0 Å². The van der Waals surface area contributed by atoms with Crippen molar-refractivity contribution in [2.24, 2.45) is 0 Å². The number of rotatable bonds is 5. The van der Waals surface area contributed by atoms with Crippen molar-refractivity contribution in [1.82, 2.24) is 0 Å². The van der Waals surface area contributed by atoms with Gasteiger partial charge in [-0.25, -0.2) is 0 Å². The molecule has 0 unspecified atom stereocenters. The Morgan fingerprint density at radius 2 is 0.884 bits per heavy atom. The second-order valence-electron chi connectivity index (χ2n) is 10.9. The number of hydrogen-bond acceptors (Lipinski definition) is 2. The van der Waals surface area contributed by atoms with Crippen molar-refractivity contribution in [3.05, 3.63) is 152 Å². The van der Waals surface area contributed by atoms with Crippen LogP contribution in [0.25, 0.3) is 76.5 Å². The van der Waals surface area contributed by atoms with Gasteiger partial charge in [0.05, 0.1) is 0 Å². The van der Waals surface area contributed by atoms with Crippen molar-refractivity contribution in [3.8, 4) is 39.1 Å². The first-order chi connectivity index (χ1) is 21.3. The molecule has 0 aliphatic heterocycles. The molecule has 2 nitrogen and oxygen atoms in total. The van der Waals surface area contributed by atoms with E-state index in [2.05, 4.69) is 146 Å². The second-order valence-corrected chi connectivity index (χ2v) is 10.9. The molecule has 0 saturated carbocycles.